The van der Waals surface area contributed by atoms with Crippen LogP contribution in [0.2, 0.25) is 0 Å². The number of benzene rings is 1. The number of ether oxygens (including phenoxy) is 2. The zero-order chi connectivity index (χ0) is 18.4. The van der Waals surface area contributed by atoms with Crippen LogP contribution in [-0.2, 0) is 18.4 Å². The summed E-state index contributed by atoms with van der Waals surface area (Å²) in [6, 6.07) is 14.7. The number of carbonyl (C=O) groups excluding carboxylic acids is 1. The molecule has 0 saturated carbocycles. The number of rotatable bonds is 7. The molecule has 2 heterocycles. The minimum absolute atomic E-state index is 0.0763. The topological polar surface area (TPSA) is 78.3 Å². The van der Waals surface area contributed by atoms with Crippen molar-refractivity contribution in [2.75, 3.05) is 13.7 Å². The molecule has 7 nitrogen and oxygen atoms in total. The summed E-state index contributed by atoms with van der Waals surface area (Å²) >= 11 is 0. The van der Waals surface area contributed by atoms with Crippen molar-refractivity contribution < 1.29 is 14.3 Å². The van der Waals surface area contributed by atoms with Crippen molar-refractivity contribution in [1.29, 1.82) is 0 Å². The van der Waals surface area contributed by atoms with Gasteiger partial charge in [-0.3, -0.25) is 14.5 Å². The second-order valence-corrected chi connectivity index (χ2v) is 5.60. The summed E-state index contributed by atoms with van der Waals surface area (Å²) in [4.78, 5) is 16.3. The van der Waals surface area contributed by atoms with E-state index in [1.54, 1.807) is 36.2 Å². The molecule has 1 N–H and O–H groups in total. The van der Waals surface area contributed by atoms with Gasteiger partial charge >= 0.3 is 0 Å². The number of carbonyl (C=O) groups is 1. The summed E-state index contributed by atoms with van der Waals surface area (Å²) in [5.74, 6) is 1.03. The second kappa shape index (κ2) is 8.15. The molecule has 0 fully saturated rings. The lowest BCUT2D eigenvalue weighted by Crippen LogP contribution is -2.28. The minimum Gasteiger partial charge on any atom is -0.497 e. The second-order valence-electron chi connectivity index (χ2n) is 5.60. The van der Waals surface area contributed by atoms with Gasteiger partial charge in [0.2, 0.25) is 0 Å². The number of pyridine rings is 1. The molecule has 1 aromatic carbocycles. The zero-order valence-electron chi connectivity index (χ0n) is 14.7. The molecular formula is C19H20N4O3. The van der Waals surface area contributed by atoms with E-state index < -0.39 is 0 Å². The van der Waals surface area contributed by atoms with Crippen molar-refractivity contribution in [3.63, 3.8) is 0 Å². The third kappa shape index (κ3) is 4.38. The van der Waals surface area contributed by atoms with Crippen molar-refractivity contribution in [3.05, 3.63) is 60.4 Å². The van der Waals surface area contributed by atoms with E-state index in [2.05, 4.69) is 15.4 Å². The van der Waals surface area contributed by atoms with Crippen LogP contribution in [0.25, 0.3) is 11.4 Å². The standard InChI is InChI=1S/C19H20N4O3/c1-23-18(17-8-3-4-9-20-17)10-14(22-23)12-21-19(24)13-26-16-7-5-6-15(11-16)25-2/h3-11H,12-13H2,1-2H3,(H,21,24). The summed E-state index contributed by atoms with van der Waals surface area (Å²) in [6.45, 7) is 0.244. The van der Waals surface area contributed by atoms with Gasteiger partial charge in [-0.05, 0) is 30.3 Å². The fourth-order valence-corrected chi connectivity index (χ4v) is 2.45. The molecule has 0 atom stereocenters. The first-order valence-corrected chi connectivity index (χ1v) is 8.13. The van der Waals surface area contributed by atoms with E-state index in [1.165, 1.54) is 0 Å². The molecule has 1 amide bonds. The fourth-order valence-electron chi connectivity index (χ4n) is 2.45. The number of hydrogen-bond donors (Lipinski definition) is 1. The molecular weight excluding hydrogens is 332 g/mol. The number of nitrogens with one attached hydrogen (secondary N) is 1. The highest BCUT2D eigenvalue weighted by atomic mass is 16.5. The van der Waals surface area contributed by atoms with Crippen molar-refractivity contribution in [1.82, 2.24) is 20.1 Å². The highest BCUT2D eigenvalue weighted by molar-refractivity contribution is 5.77. The van der Waals surface area contributed by atoms with Gasteiger partial charge in [0, 0.05) is 19.3 Å². The van der Waals surface area contributed by atoms with Crippen molar-refractivity contribution in [3.8, 4) is 22.9 Å². The van der Waals surface area contributed by atoms with E-state index in [9.17, 15) is 4.79 Å². The van der Waals surface area contributed by atoms with Crippen molar-refractivity contribution in [2.24, 2.45) is 7.05 Å². The predicted molar refractivity (Wildman–Crippen MR) is 96.8 cm³/mol. The maximum Gasteiger partial charge on any atom is 0.258 e. The smallest absolute Gasteiger partial charge is 0.258 e. The first-order chi connectivity index (χ1) is 12.7. The largest absolute Gasteiger partial charge is 0.497 e. The average Bonchev–Trinajstić information content (AvgIpc) is 3.06. The Hall–Kier alpha value is -3.35. The van der Waals surface area contributed by atoms with Gasteiger partial charge in [-0.25, -0.2) is 0 Å². The van der Waals surface area contributed by atoms with E-state index in [4.69, 9.17) is 9.47 Å². The Morgan fingerprint density at radius 1 is 1.15 bits per heavy atom. The summed E-state index contributed by atoms with van der Waals surface area (Å²) in [7, 11) is 3.43. The molecule has 134 valence electrons. The van der Waals surface area contributed by atoms with E-state index in [-0.39, 0.29) is 12.5 Å². The fraction of sp³-hybridized carbons (Fsp3) is 0.211. The first-order valence-electron chi connectivity index (χ1n) is 8.13. The molecule has 0 saturated heterocycles. The lowest BCUT2D eigenvalue weighted by molar-refractivity contribution is -0.123. The number of amides is 1. The molecule has 0 aliphatic carbocycles. The van der Waals surface area contributed by atoms with Crippen LogP contribution in [0.5, 0.6) is 11.5 Å². The maximum atomic E-state index is 12.0. The highest BCUT2D eigenvalue weighted by Gasteiger charge is 2.10. The van der Waals surface area contributed by atoms with Crippen LogP contribution in [-0.4, -0.2) is 34.4 Å². The zero-order valence-corrected chi connectivity index (χ0v) is 14.7. The van der Waals surface area contributed by atoms with E-state index in [1.807, 2.05) is 37.4 Å². The van der Waals surface area contributed by atoms with Crippen LogP contribution in [0.3, 0.4) is 0 Å². The Kier molecular flexibility index (Phi) is 5.48. The Balaban J connectivity index is 1.53. The van der Waals surface area contributed by atoms with Crippen LogP contribution in [0.15, 0.2) is 54.7 Å². The minimum atomic E-state index is -0.224. The van der Waals surface area contributed by atoms with E-state index >= 15 is 0 Å². The van der Waals surface area contributed by atoms with Gasteiger partial charge < -0.3 is 14.8 Å². The summed E-state index contributed by atoms with van der Waals surface area (Å²) in [6.07, 6.45) is 1.74. The summed E-state index contributed by atoms with van der Waals surface area (Å²) < 4.78 is 12.3. The van der Waals surface area contributed by atoms with Gasteiger partial charge in [0.1, 0.15) is 11.5 Å². The average molecular weight is 352 g/mol. The molecule has 0 spiro atoms. The lowest BCUT2D eigenvalue weighted by atomic mass is 10.2. The Morgan fingerprint density at radius 2 is 2.00 bits per heavy atom. The first kappa shape index (κ1) is 17.5. The number of nitrogens with zero attached hydrogens (tertiary/aromatic N) is 3. The van der Waals surface area contributed by atoms with Crippen LogP contribution in [0.1, 0.15) is 5.69 Å². The van der Waals surface area contributed by atoms with E-state index in [0.717, 1.165) is 17.1 Å². The van der Waals surface area contributed by atoms with Crippen LogP contribution in [0.4, 0.5) is 0 Å². The summed E-state index contributed by atoms with van der Waals surface area (Å²) in [5.41, 5.74) is 2.48. The Labute approximate surface area is 151 Å². The van der Waals surface area contributed by atoms with Crippen LogP contribution in [0, 0.1) is 0 Å². The number of methoxy groups -OCH3 is 1. The van der Waals surface area contributed by atoms with Gasteiger partial charge in [-0.15, -0.1) is 0 Å². The predicted octanol–water partition coefficient (Wildman–Crippen LogP) is 2.19. The quantitative estimate of drug-likeness (QED) is 0.705. The highest BCUT2D eigenvalue weighted by Crippen LogP contribution is 2.19. The number of aromatic nitrogens is 3. The van der Waals surface area contributed by atoms with Crippen LogP contribution >= 0.6 is 0 Å². The number of aryl methyl sites for hydroxylation is 1. The molecule has 0 bridgehead atoms. The van der Waals surface area contributed by atoms with Crippen molar-refractivity contribution in [2.45, 2.75) is 6.54 Å². The van der Waals surface area contributed by atoms with Gasteiger partial charge in [0.15, 0.2) is 6.61 Å². The molecule has 7 heteroatoms. The van der Waals surface area contributed by atoms with Gasteiger partial charge in [-0.2, -0.15) is 5.10 Å². The monoisotopic (exact) mass is 352 g/mol. The molecule has 0 aliphatic rings. The maximum absolute atomic E-state index is 12.0. The molecule has 0 radical (unpaired) electrons. The molecule has 3 rings (SSSR count). The third-order valence-electron chi connectivity index (χ3n) is 3.74. The Morgan fingerprint density at radius 3 is 2.77 bits per heavy atom. The molecule has 2 aromatic heterocycles. The SMILES string of the molecule is COc1cccc(OCC(=O)NCc2cc(-c3ccccn3)n(C)n2)c1. The van der Waals surface area contributed by atoms with Gasteiger partial charge in [0.05, 0.1) is 30.7 Å². The normalized spacial score (nSPS) is 10.4. The van der Waals surface area contributed by atoms with E-state index in [0.29, 0.717) is 18.0 Å². The van der Waals surface area contributed by atoms with Gasteiger partial charge in [-0.1, -0.05) is 12.1 Å². The molecule has 0 aliphatic heterocycles. The summed E-state index contributed by atoms with van der Waals surface area (Å²) in [5, 5.41) is 7.20. The van der Waals surface area contributed by atoms with Gasteiger partial charge in [0.25, 0.3) is 5.91 Å². The van der Waals surface area contributed by atoms with Crippen LogP contribution < -0.4 is 14.8 Å². The molecule has 26 heavy (non-hydrogen) atoms. The Bertz CT molecular complexity index is 878. The molecule has 0 unspecified atom stereocenters. The number of hydrogen-bond acceptors (Lipinski definition) is 5. The molecule has 3 aromatic rings. The van der Waals surface area contributed by atoms with Crippen molar-refractivity contribution >= 4 is 5.91 Å². The lowest BCUT2D eigenvalue weighted by Gasteiger charge is -2.07. The third-order valence-corrected chi connectivity index (χ3v) is 3.74.